The zero-order valence-electron chi connectivity index (χ0n) is 11.3. The van der Waals surface area contributed by atoms with E-state index in [2.05, 4.69) is 23.1 Å². The van der Waals surface area contributed by atoms with E-state index < -0.39 is 17.8 Å². The first-order valence-electron chi connectivity index (χ1n) is 6.15. The van der Waals surface area contributed by atoms with Crippen LogP contribution in [-0.4, -0.2) is 18.8 Å². The summed E-state index contributed by atoms with van der Waals surface area (Å²) >= 11 is 0. The molecule has 0 aliphatic carbocycles. The Morgan fingerprint density at radius 2 is 2.05 bits per heavy atom. The number of benzene rings is 1. The van der Waals surface area contributed by atoms with Crippen molar-refractivity contribution in [2.24, 2.45) is 0 Å². The molecule has 21 heavy (non-hydrogen) atoms. The van der Waals surface area contributed by atoms with Gasteiger partial charge in [-0.25, -0.2) is 4.79 Å². The molecule has 1 aromatic carbocycles. The molecule has 0 atom stereocenters. The molecule has 0 heterocycles. The van der Waals surface area contributed by atoms with Crippen LogP contribution in [0.5, 0.6) is 0 Å². The lowest BCUT2D eigenvalue weighted by Crippen LogP contribution is -2.36. The fourth-order valence-electron chi connectivity index (χ4n) is 1.48. The van der Waals surface area contributed by atoms with E-state index in [1.807, 2.05) is 0 Å². The number of nitrogens with one attached hydrogen (secondary N) is 2. The van der Waals surface area contributed by atoms with E-state index in [-0.39, 0.29) is 19.5 Å². The van der Waals surface area contributed by atoms with Crippen LogP contribution in [0.2, 0.25) is 0 Å². The van der Waals surface area contributed by atoms with E-state index in [9.17, 15) is 18.0 Å². The lowest BCUT2D eigenvalue weighted by molar-refractivity contribution is -0.0934. The molecule has 6 heteroatoms. The second-order valence-electron chi connectivity index (χ2n) is 4.31. The number of terminal acetylenes is 1. The Hall–Kier alpha value is -2.42. The average molecular weight is 296 g/mol. The summed E-state index contributed by atoms with van der Waals surface area (Å²) in [5, 5.41) is 4.87. The van der Waals surface area contributed by atoms with Gasteiger partial charge < -0.3 is 10.6 Å². The lowest BCUT2D eigenvalue weighted by atomic mass is 10.1. The number of urea groups is 1. The number of carbonyl (C=O) groups is 1. The molecule has 0 bridgehead atoms. The van der Waals surface area contributed by atoms with Crippen molar-refractivity contribution in [3.8, 4) is 12.3 Å². The predicted octanol–water partition coefficient (Wildman–Crippen LogP) is 2.98. The van der Waals surface area contributed by atoms with E-state index >= 15 is 0 Å². The van der Waals surface area contributed by atoms with Gasteiger partial charge in [-0.15, -0.1) is 6.42 Å². The van der Waals surface area contributed by atoms with E-state index in [1.54, 1.807) is 24.3 Å². The molecule has 2 amide bonds. The molecule has 0 saturated carbocycles. The van der Waals surface area contributed by atoms with Crippen LogP contribution in [0.15, 0.2) is 36.4 Å². The van der Waals surface area contributed by atoms with Gasteiger partial charge in [0.1, 0.15) is 0 Å². The lowest BCUT2D eigenvalue weighted by Gasteiger charge is -2.11. The Morgan fingerprint density at radius 1 is 1.33 bits per heavy atom. The Bertz CT molecular complexity index is 559. The molecule has 0 aliphatic rings. The summed E-state index contributed by atoms with van der Waals surface area (Å²) in [5.74, 6) is 2.47. The van der Waals surface area contributed by atoms with E-state index in [0.29, 0.717) is 5.56 Å². The van der Waals surface area contributed by atoms with Gasteiger partial charge in [-0.3, -0.25) is 0 Å². The van der Waals surface area contributed by atoms with Gasteiger partial charge in [-0.05, 0) is 24.1 Å². The number of amides is 2. The number of hydrogen-bond acceptors (Lipinski definition) is 1. The van der Waals surface area contributed by atoms with Gasteiger partial charge in [0, 0.05) is 24.2 Å². The van der Waals surface area contributed by atoms with Crippen LogP contribution in [0.4, 0.5) is 18.0 Å². The minimum Gasteiger partial charge on any atom is -0.338 e. The van der Waals surface area contributed by atoms with Crippen molar-refractivity contribution in [1.82, 2.24) is 10.6 Å². The maximum atomic E-state index is 12.2. The maximum Gasteiger partial charge on any atom is 0.412 e. The highest BCUT2D eigenvalue weighted by atomic mass is 19.4. The average Bonchev–Trinajstić information content (AvgIpc) is 2.44. The van der Waals surface area contributed by atoms with Gasteiger partial charge in [0.2, 0.25) is 0 Å². The smallest absolute Gasteiger partial charge is 0.338 e. The summed E-state index contributed by atoms with van der Waals surface area (Å²) in [7, 11) is 0. The number of carbonyl (C=O) groups excluding carboxylic acids is 1. The third-order valence-electron chi connectivity index (χ3n) is 2.66. The molecule has 0 radical (unpaired) electrons. The Balaban J connectivity index is 2.32. The second kappa shape index (κ2) is 7.39. The minimum absolute atomic E-state index is 0.130. The topological polar surface area (TPSA) is 41.1 Å². The molecule has 0 fully saturated rings. The molecule has 3 nitrogen and oxygen atoms in total. The molecule has 1 rings (SSSR count). The summed E-state index contributed by atoms with van der Waals surface area (Å²) in [4.78, 5) is 11.4. The van der Waals surface area contributed by atoms with Crippen molar-refractivity contribution >= 4 is 6.03 Å². The van der Waals surface area contributed by atoms with E-state index in [4.69, 9.17) is 6.42 Å². The van der Waals surface area contributed by atoms with Gasteiger partial charge >= 0.3 is 12.2 Å². The van der Waals surface area contributed by atoms with Crippen LogP contribution >= 0.6 is 0 Å². The molecule has 2 N–H and O–H groups in total. The summed E-state index contributed by atoms with van der Waals surface area (Å²) in [6.07, 6.45) is 0.487. The van der Waals surface area contributed by atoms with E-state index in [0.717, 1.165) is 5.56 Å². The fourth-order valence-corrected chi connectivity index (χ4v) is 1.48. The van der Waals surface area contributed by atoms with Crippen molar-refractivity contribution in [1.29, 1.82) is 0 Å². The molecule has 0 saturated heterocycles. The molecule has 0 aromatic heterocycles. The quantitative estimate of drug-likeness (QED) is 0.636. The summed E-state index contributed by atoms with van der Waals surface area (Å²) < 4.78 is 36.5. The van der Waals surface area contributed by atoms with Gasteiger partial charge in [0.15, 0.2) is 0 Å². The first-order valence-corrected chi connectivity index (χ1v) is 6.15. The number of alkyl halides is 3. The Kier molecular flexibility index (Phi) is 5.85. The molecular formula is C15H15F3N2O. The normalized spacial score (nSPS) is 10.6. The zero-order chi connectivity index (χ0) is 15.9. The third kappa shape index (κ3) is 6.04. The largest absolute Gasteiger partial charge is 0.412 e. The van der Waals surface area contributed by atoms with Crippen LogP contribution < -0.4 is 10.6 Å². The monoisotopic (exact) mass is 296 g/mol. The van der Waals surface area contributed by atoms with Crippen molar-refractivity contribution in [3.63, 3.8) is 0 Å². The molecule has 0 unspecified atom stereocenters. The summed E-state index contributed by atoms with van der Waals surface area (Å²) in [5.41, 5.74) is 0.626. The standard InChI is InChI=1S/C15H15F3N2O/c1-3-12-5-4-6-13(9-12)10-20-14(21)19-8-7-11(2)15(16,17)18/h1,4-6,9H,2,7-8,10H2,(H2,19,20,21). The van der Waals surface area contributed by atoms with Crippen molar-refractivity contribution in [3.05, 3.63) is 47.5 Å². The van der Waals surface area contributed by atoms with Crippen LogP contribution in [0.25, 0.3) is 0 Å². The van der Waals surface area contributed by atoms with Gasteiger partial charge in [0.05, 0.1) is 0 Å². The highest BCUT2D eigenvalue weighted by Crippen LogP contribution is 2.25. The summed E-state index contributed by atoms with van der Waals surface area (Å²) in [6, 6.07) is 6.50. The van der Waals surface area contributed by atoms with Crippen LogP contribution in [0, 0.1) is 12.3 Å². The highest BCUT2D eigenvalue weighted by Gasteiger charge is 2.30. The summed E-state index contributed by atoms with van der Waals surface area (Å²) in [6.45, 7) is 3.03. The van der Waals surface area contributed by atoms with Crippen molar-refractivity contribution in [2.75, 3.05) is 6.54 Å². The first kappa shape index (κ1) is 16.6. The van der Waals surface area contributed by atoms with Crippen LogP contribution in [-0.2, 0) is 6.54 Å². The number of hydrogen-bond donors (Lipinski definition) is 2. The van der Waals surface area contributed by atoms with Crippen LogP contribution in [0.1, 0.15) is 17.5 Å². The minimum atomic E-state index is -4.42. The SMILES string of the molecule is C#Cc1cccc(CNC(=O)NCCC(=C)C(F)(F)F)c1. The van der Waals surface area contributed by atoms with Gasteiger partial charge in [0.25, 0.3) is 0 Å². The molecule has 0 aliphatic heterocycles. The van der Waals surface area contributed by atoms with E-state index in [1.165, 1.54) is 0 Å². The number of rotatable bonds is 5. The fraction of sp³-hybridized carbons (Fsp3) is 0.267. The molecule has 112 valence electrons. The zero-order valence-corrected chi connectivity index (χ0v) is 11.3. The van der Waals surface area contributed by atoms with Crippen LogP contribution in [0.3, 0.4) is 0 Å². The van der Waals surface area contributed by atoms with Crippen molar-refractivity contribution < 1.29 is 18.0 Å². The van der Waals surface area contributed by atoms with Crippen molar-refractivity contribution in [2.45, 2.75) is 19.1 Å². The maximum absolute atomic E-state index is 12.2. The molecular weight excluding hydrogens is 281 g/mol. The number of halogens is 3. The molecule has 1 aromatic rings. The highest BCUT2D eigenvalue weighted by molar-refractivity contribution is 5.73. The Labute approximate surface area is 121 Å². The predicted molar refractivity (Wildman–Crippen MR) is 74.4 cm³/mol. The third-order valence-corrected chi connectivity index (χ3v) is 2.66. The van der Waals surface area contributed by atoms with Gasteiger partial charge in [-0.2, -0.15) is 13.2 Å². The van der Waals surface area contributed by atoms with Gasteiger partial charge in [-0.1, -0.05) is 24.6 Å². The first-order chi connectivity index (χ1) is 9.82. The molecule has 0 spiro atoms. The Morgan fingerprint density at radius 3 is 2.67 bits per heavy atom. The second-order valence-corrected chi connectivity index (χ2v) is 4.31.